The Hall–Kier alpha value is -1.05. The molecule has 0 N–H and O–H groups in total. The Kier molecular flexibility index (Phi) is 2.47. The maximum atomic E-state index is 12.7. The molecule has 0 radical (unpaired) electrons. The zero-order valence-electron chi connectivity index (χ0n) is 6.73. The van der Waals surface area contributed by atoms with Gasteiger partial charge in [-0.2, -0.15) is 0 Å². The van der Waals surface area contributed by atoms with Crippen LogP contribution < -0.4 is 4.74 Å². The topological polar surface area (TPSA) is 9.23 Å². The van der Waals surface area contributed by atoms with E-state index in [9.17, 15) is 4.39 Å². The highest BCUT2D eigenvalue weighted by Crippen LogP contribution is 2.15. The zero-order chi connectivity index (χ0) is 8.27. The molecule has 0 heterocycles. The van der Waals surface area contributed by atoms with Crippen molar-refractivity contribution in [3.63, 3.8) is 0 Å². The molecule has 0 aliphatic rings. The smallest absolute Gasteiger partial charge is 0.127 e. The second-order valence-electron chi connectivity index (χ2n) is 2.40. The van der Waals surface area contributed by atoms with Gasteiger partial charge in [0.05, 0.1) is 6.61 Å². The third kappa shape index (κ3) is 2.22. The first kappa shape index (κ1) is 8.05. The van der Waals surface area contributed by atoms with Gasteiger partial charge in [0.15, 0.2) is 0 Å². The quantitative estimate of drug-likeness (QED) is 0.636. The van der Waals surface area contributed by atoms with Crippen molar-refractivity contribution in [1.82, 2.24) is 0 Å². The van der Waals surface area contributed by atoms with Crippen LogP contribution in [0.25, 0.3) is 0 Å². The molecule has 11 heavy (non-hydrogen) atoms. The Labute approximate surface area is 65.8 Å². The molecule has 1 aromatic carbocycles. The van der Waals surface area contributed by atoms with Gasteiger partial charge in [0.1, 0.15) is 11.6 Å². The Balaban J connectivity index is 2.89. The highest BCUT2D eigenvalue weighted by molar-refractivity contribution is 5.28. The predicted molar refractivity (Wildman–Crippen MR) is 42.3 cm³/mol. The van der Waals surface area contributed by atoms with E-state index >= 15 is 0 Å². The van der Waals surface area contributed by atoms with Gasteiger partial charge in [0, 0.05) is 6.07 Å². The van der Waals surface area contributed by atoms with E-state index in [1.54, 1.807) is 0 Å². The van der Waals surface area contributed by atoms with Crippen LogP contribution in [0.2, 0.25) is 0 Å². The first-order valence-electron chi connectivity index (χ1n) is 3.62. The van der Waals surface area contributed by atoms with E-state index in [1.165, 1.54) is 12.1 Å². The van der Waals surface area contributed by atoms with Crippen LogP contribution in [0.3, 0.4) is 0 Å². The summed E-state index contributed by atoms with van der Waals surface area (Å²) in [5.41, 5.74) is 0.883. The molecule has 2 heteroatoms. The van der Waals surface area contributed by atoms with Crippen LogP contribution in [0.5, 0.6) is 5.75 Å². The minimum absolute atomic E-state index is 0.242. The van der Waals surface area contributed by atoms with Crippen molar-refractivity contribution in [3.8, 4) is 5.75 Å². The average molecular weight is 154 g/mol. The number of hydrogen-bond donors (Lipinski definition) is 0. The van der Waals surface area contributed by atoms with Gasteiger partial charge in [-0.25, -0.2) is 4.39 Å². The molecule has 0 aromatic heterocycles. The minimum atomic E-state index is -0.242. The van der Waals surface area contributed by atoms with Crippen molar-refractivity contribution in [3.05, 3.63) is 29.6 Å². The summed E-state index contributed by atoms with van der Waals surface area (Å²) in [6, 6.07) is 4.67. The number of rotatable bonds is 2. The second kappa shape index (κ2) is 3.37. The van der Waals surface area contributed by atoms with Crippen LogP contribution in [0, 0.1) is 12.7 Å². The first-order valence-corrected chi connectivity index (χ1v) is 3.62. The molecule has 0 aliphatic heterocycles. The van der Waals surface area contributed by atoms with Crippen molar-refractivity contribution in [2.45, 2.75) is 13.8 Å². The molecule has 60 valence electrons. The lowest BCUT2D eigenvalue weighted by molar-refractivity contribution is 0.338. The lowest BCUT2D eigenvalue weighted by Gasteiger charge is -2.03. The molecular formula is C9H11FO. The summed E-state index contributed by atoms with van der Waals surface area (Å²) in [7, 11) is 0. The molecule has 1 nitrogen and oxygen atoms in total. The predicted octanol–water partition coefficient (Wildman–Crippen LogP) is 2.53. The van der Waals surface area contributed by atoms with Crippen molar-refractivity contribution >= 4 is 0 Å². The van der Waals surface area contributed by atoms with E-state index in [-0.39, 0.29) is 5.82 Å². The van der Waals surface area contributed by atoms with E-state index in [1.807, 2.05) is 19.9 Å². The van der Waals surface area contributed by atoms with Crippen molar-refractivity contribution < 1.29 is 9.13 Å². The van der Waals surface area contributed by atoms with Gasteiger partial charge >= 0.3 is 0 Å². The van der Waals surface area contributed by atoms with E-state index in [4.69, 9.17) is 4.74 Å². The molecule has 0 amide bonds. The standard InChI is InChI=1S/C9H11FO/c1-3-11-9-5-7(2)4-8(10)6-9/h4-6H,3H2,1-2H3. The molecule has 0 spiro atoms. The maximum Gasteiger partial charge on any atom is 0.127 e. The van der Waals surface area contributed by atoms with Crippen LogP contribution >= 0.6 is 0 Å². The normalized spacial score (nSPS) is 9.73. The lowest BCUT2D eigenvalue weighted by atomic mass is 10.2. The summed E-state index contributed by atoms with van der Waals surface area (Å²) in [5.74, 6) is 0.360. The molecule has 0 bridgehead atoms. The molecule has 0 fully saturated rings. The van der Waals surface area contributed by atoms with Crippen molar-refractivity contribution in [2.75, 3.05) is 6.61 Å². The number of aryl methyl sites for hydroxylation is 1. The van der Waals surface area contributed by atoms with Gasteiger partial charge in [0.2, 0.25) is 0 Å². The molecule has 1 rings (SSSR count). The van der Waals surface area contributed by atoms with E-state index in [0.29, 0.717) is 12.4 Å². The van der Waals surface area contributed by atoms with Gasteiger partial charge in [0.25, 0.3) is 0 Å². The number of hydrogen-bond acceptors (Lipinski definition) is 1. The largest absolute Gasteiger partial charge is 0.494 e. The van der Waals surface area contributed by atoms with Gasteiger partial charge in [-0.05, 0) is 31.5 Å². The second-order valence-corrected chi connectivity index (χ2v) is 2.40. The van der Waals surface area contributed by atoms with E-state index in [2.05, 4.69) is 0 Å². The molecule has 0 unspecified atom stereocenters. The van der Waals surface area contributed by atoms with Crippen LogP contribution in [0.4, 0.5) is 4.39 Å². The SMILES string of the molecule is CCOc1cc(C)cc(F)c1. The van der Waals surface area contributed by atoms with Gasteiger partial charge in [-0.15, -0.1) is 0 Å². The van der Waals surface area contributed by atoms with Crippen molar-refractivity contribution in [2.24, 2.45) is 0 Å². The fraction of sp³-hybridized carbons (Fsp3) is 0.333. The average Bonchev–Trinajstić information content (AvgIpc) is 1.85. The van der Waals surface area contributed by atoms with Crippen LogP contribution in [-0.2, 0) is 0 Å². The Morgan fingerprint density at radius 3 is 2.64 bits per heavy atom. The summed E-state index contributed by atoms with van der Waals surface area (Å²) in [6.45, 7) is 4.29. The van der Waals surface area contributed by atoms with Gasteiger partial charge in [-0.3, -0.25) is 0 Å². The summed E-state index contributed by atoms with van der Waals surface area (Å²) < 4.78 is 17.8. The minimum Gasteiger partial charge on any atom is -0.494 e. The Morgan fingerprint density at radius 2 is 2.09 bits per heavy atom. The first-order chi connectivity index (χ1) is 5.22. The Morgan fingerprint density at radius 1 is 1.36 bits per heavy atom. The number of ether oxygens (including phenoxy) is 1. The maximum absolute atomic E-state index is 12.7. The highest BCUT2D eigenvalue weighted by Gasteiger charge is 1.96. The molecule has 0 atom stereocenters. The van der Waals surface area contributed by atoms with Crippen LogP contribution in [-0.4, -0.2) is 6.61 Å². The van der Waals surface area contributed by atoms with E-state index < -0.39 is 0 Å². The van der Waals surface area contributed by atoms with Gasteiger partial charge in [-0.1, -0.05) is 0 Å². The monoisotopic (exact) mass is 154 g/mol. The molecular weight excluding hydrogens is 143 g/mol. The summed E-state index contributed by atoms with van der Waals surface area (Å²) in [5, 5.41) is 0. The molecule has 0 aliphatic carbocycles. The Bertz CT molecular complexity index is 225. The molecule has 1 aromatic rings. The highest BCUT2D eigenvalue weighted by atomic mass is 19.1. The third-order valence-electron chi connectivity index (χ3n) is 1.33. The fourth-order valence-corrected chi connectivity index (χ4v) is 0.953. The lowest BCUT2D eigenvalue weighted by Crippen LogP contribution is -1.92. The number of benzene rings is 1. The third-order valence-corrected chi connectivity index (χ3v) is 1.33. The van der Waals surface area contributed by atoms with E-state index in [0.717, 1.165) is 5.56 Å². The molecule has 0 saturated carbocycles. The molecule has 0 saturated heterocycles. The number of halogens is 1. The van der Waals surface area contributed by atoms with Gasteiger partial charge < -0.3 is 4.74 Å². The summed E-state index contributed by atoms with van der Waals surface area (Å²) >= 11 is 0. The zero-order valence-corrected chi connectivity index (χ0v) is 6.73. The van der Waals surface area contributed by atoms with Crippen LogP contribution in [0.1, 0.15) is 12.5 Å². The van der Waals surface area contributed by atoms with Crippen LogP contribution in [0.15, 0.2) is 18.2 Å². The van der Waals surface area contributed by atoms with Crippen molar-refractivity contribution in [1.29, 1.82) is 0 Å². The summed E-state index contributed by atoms with van der Waals surface area (Å²) in [4.78, 5) is 0. The fourth-order valence-electron chi connectivity index (χ4n) is 0.953. The summed E-state index contributed by atoms with van der Waals surface area (Å²) in [6.07, 6.45) is 0.